The van der Waals surface area contributed by atoms with Crippen LogP contribution in [-0.2, 0) is 15.8 Å². The smallest absolute Gasteiger partial charge is 0.281 e. The molecular weight excluding hydrogens is 494 g/mol. The molecule has 1 aliphatic rings. The van der Waals surface area contributed by atoms with Crippen LogP contribution in [0.25, 0.3) is 0 Å². The van der Waals surface area contributed by atoms with Crippen molar-refractivity contribution in [1.82, 2.24) is 15.0 Å². The number of nitrogens with one attached hydrogen (secondary N) is 1. The first-order valence-corrected chi connectivity index (χ1v) is 11.6. The third-order valence-corrected chi connectivity index (χ3v) is 5.93. The highest BCUT2D eigenvalue weighted by Gasteiger charge is 2.35. The fraction of sp³-hybridized carbons (Fsp3) is 0.136. The van der Waals surface area contributed by atoms with Gasteiger partial charge in [-0.2, -0.15) is 10.1 Å². The molecule has 0 saturated carbocycles. The molecule has 0 saturated heterocycles. The fourth-order valence-corrected chi connectivity index (χ4v) is 3.55. The Labute approximate surface area is 208 Å². The molecule has 2 unspecified atom stereocenters. The normalized spacial score (nSPS) is 15.5. The van der Waals surface area contributed by atoms with E-state index in [9.17, 15) is 13.8 Å². The zero-order valence-corrected chi connectivity index (χ0v) is 20.3. The first-order chi connectivity index (χ1) is 16.7. The van der Waals surface area contributed by atoms with Crippen LogP contribution in [0.5, 0.6) is 5.75 Å². The molecule has 0 bridgehead atoms. The van der Waals surface area contributed by atoms with E-state index in [1.54, 1.807) is 43.3 Å². The number of methoxy groups -OCH3 is 1. The molecule has 4 rings (SSSR count). The number of hydrazone groups is 1. The minimum Gasteiger partial charge on any atom is -0.494 e. The van der Waals surface area contributed by atoms with Crippen LogP contribution in [0.4, 0.5) is 11.6 Å². The number of carbonyl (C=O) groups excluding carboxylic acids is 2. The van der Waals surface area contributed by atoms with Gasteiger partial charge in [-0.1, -0.05) is 11.6 Å². The molecule has 5 N–H and O–H groups in total. The second-order valence-corrected chi connectivity index (χ2v) is 8.72. The lowest BCUT2D eigenvalue weighted by Gasteiger charge is -2.10. The van der Waals surface area contributed by atoms with Crippen LogP contribution in [0, 0.1) is 0 Å². The molecule has 0 radical (unpaired) electrons. The standard InChI is InChI=1S/C11H10ClN3O2.C11H12N4O2S/c1-6-9(13)11(17)15(14-6)10(16)7-2-4-8(12)5-3-7;1-17-9-6-13-11(14-7-9)15-18(16)10-4-2-8(12)3-5-10/h2-5,9H,13H2,1H3;2-7H,12H2,1H3,(H,13,14,15). The third kappa shape index (κ3) is 6.59. The number of rotatable bonds is 5. The largest absolute Gasteiger partial charge is 0.494 e. The number of amides is 2. The van der Waals surface area contributed by atoms with Crippen LogP contribution in [0.2, 0.25) is 5.02 Å². The van der Waals surface area contributed by atoms with Gasteiger partial charge in [0.1, 0.15) is 6.04 Å². The van der Waals surface area contributed by atoms with Crippen molar-refractivity contribution in [3.05, 3.63) is 71.5 Å². The second kappa shape index (κ2) is 11.5. The third-order valence-electron chi connectivity index (χ3n) is 4.61. The summed E-state index contributed by atoms with van der Waals surface area (Å²) in [5.74, 6) is -0.203. The van der Waals surface area contributed by atoms with Gasteiger partial charge in [-0.15, -0.1) is 0 Å². The van der Waals surface area contributed by atoms with Gasteiger partial charge < -0.3 is 16.2 Å². The lowest BCUT2D eigenvalue weighted by Crippen LogP contribution is -2.40. The number of nitrogens with zero attached hydrogens (tertiary/aromatic N) is 4. The molecular formula is C22H22ClN7O4S. The average Bonchev–Trinajstić information content (AvgIpc) is 3.12. The summed E-state index contributed by atoms with van der Waals surface area (Å²) < 4.78 is 19.5. The van der Waals surface area contributed by atoms with Crippen molar-refractivity contribution in [3.63, 3.8) is 0 Å². The SMILES string of the molecule is CC1=NN(C(=O)c2ccc(Cl)cc2)C(=O)C1N.COc1cnc(NS(=O)c2ccc(N)cc2)nc1. The number of carbonyl (C=O) groups is 2. The zero-order chi connectivity index (χ0) is 25.5. The molecule has 0 fully saturated rings. The van der Waals surface area contributed by atoms with E-state index in [2.05, 4.69) is 19.8 Å². The summed E-state index contributed by atoms with van der Waals surface area (Å²) >= 11 is 5.71. The molecule has 2 aromatic carbocycles. The van der Waals surface area contributed by atoms with Gasteiger partial charge in [0, 0.05) is 16.3 Å². The van der Waals surface area contributed by atoms with E-state index in [0.29, 0.717) is 32.6 Å². The lowest BCUT2D eigenvalue weighted by molar-refractivity contribution is -0.127. The fourth-order valence-electron chi connectivity index (χ4n) is 2.65. The average molecular weight is 516 g/mol. The number of ether oxygens (including phenoxy) is 1. The highest BCUT2D eigenvalue weighted by molar-refractivity contribution is 7.86. The number of aromatic nitrogens is 2. The van der Waals surface area contributed by atoms with Crippen LogP contribution in [0.3, 0.4) is 0 Å². The monoisotopic (exact) mass is 515 g/mol. The van der Waals surface area contributed by atoms with Crippen LogP contribution < -0.4 is 20.9 Å². The lowest BCUT2D eigenvalue weighted by atomic mass is 10.2. The molecule has 3 aromatic rings. The van der Waals surface area contributed by atoms with Crippen molar-refractivity contribution in [2.45, 2.75) is 17.9 Å². The van der Waals surface area contributed by atoms with E-state index in [4.69, 9.17) is 27.8 Å². The molecule has 1 aliphatic heterocycles. The molecule has 11 nitrogen and oxygen atoms in total. The van der Waals surface area contributed by atoms with Crippen molar-refractivity contribution >= 4 is 51.7 Å². The van der Waals surface area contributed by atoms with Crippen molar-refractivity contribution in [2.24, 2.45) is 10.8 Å². The maximum absolute atomic E-state index is 12.0. The Hall–Kier alpha value is -3.87. The number of nitrogens with two attached hydrogens (primary N) is 2. The number of imide groups is 1. The predicted octanol–water partition coefficient (Wildman–Crippen LogP) is 2.23. The van der Waals surface area contributed by atoms with Gasteiger partial charge in [0.15, 0.2) is 16.7 Å². The van der Waals surface area contributed by atoms with E-state index in [1.165, 1.54) is 31.6 Å². The summed E-state index contributed by atoms with van der Waals surface area (Å²) in [6.45, 7) is 1.61. The minimum atomic E-state index is -1.42. The Morgan fingerprint density at radius 3 is 2.23 bits per heavy atom. The molecule has 0 spiro atoms. The van der Waals surface area contributed by atoms with Gasteiger partial charge in [0.25, 0.3) is 11.8 Å². The summed E-state index contributed by atoms with van der Waals surface area (Å²) in [6.07, 6.45) is 2.99. The van der Waals surface area contributed by atoms with E-state index in [0.717, 1.165) is 5.01 Å². The number of benzene rings is 2. The zero-order valence-electron chi connectivity index (χ0n) is 18.7. The summed E-state index contributed by atoms with van der Waals surface area (Å²) in [6, 6.07) is 12.1. The van der Waals surface area contributed by atoms with Crippen molar-refractivity contribution in [3.8, 4) is 5.75 Å². The Balaban J connectivity index is 0.000000196. The first-order valence-electron chi connectivity index (χ1n) is 10.0. The molecule has 0 aliphatic carbocycles. The summed E-state index contributed by atoms with van der Waals surface area (Å²) in [5, 5.41) is 5.16. The molecule has 2 atom stereocenters. The predicted molar refractivity (Wildman–Crippen MR) is 133 cm³/mol. The van der Waals surface area contributed by atoms with Crippen LogP contribution in [-0.4, -0.2) is 49.9 Å². The Morgan fingerprint density at radius 1 is 1.11 bits per heavy atom. The Bertz CT molecular complexity index is 1250. The van der Waals surface area contributed by atoms with Gasteiger partial charge in [0.2, 0.25) is 5.95 Å². The first kappa shape index (κ1) is 25.7. The Kier molecular flexibility index (Phi) is 8.47. The van der Waals surface area contributed by atoms with E-state index < -0.39 is 28.8 Å². The van der Waals surface area contributed by atoms with E-state index >= 15 is 0 Å². The molecule has 182 valence electrons. The van der Waals surface area contributed by atoms with Gasteiger partial charge in [-0.05, 0) is 55.5 Å². The maximum Gasteiger partial charge on any atom is 0.281 e. The molecule has 2 amide bonds. The van der Waals surface area contributed by atoms with E-state index in [1.807, 2.05) is 0 Å². The number of hydrogen-bond donors (Lipinski definition) is 3. The van der Waals surface area contributed by atoms with Crippen LogP contribution in [0.15, 0.2) is 70.9 Å². The van der Waals surface area contributed by atoms with Gasteiger partial charge >= 0.3 is 0 Å². The number of anilines is 2. The quantitative estimate of drug-likeness (QED) is 0.343. The highest BCUT2D eigenvalue weighted by atomic mass is 35.5. The van der Waals surface area contributed by atoms with Crippen LogP contribution >= 0.6 is 11.6 Å². The maximum atomic E-state index is 12.0. The van der Waals surface area contributed by atoms with Crippen molar-refractivity contribution in [2.75, 3.05) is 17.6 Å². The van der Waals surface area contributed by atoms with Crippen molar-refractivity contribution < 1.29 is 18.5 Å². The molecule has 1 aromatic heterocycles. The number of nitrogen functional groups attached to an aromatic ring is 1. The van der Waals surface area contributed by atoms with Gasteiger partial charge in [-0.25, -0.2) is 14.2 Å². The topological polar surface area (TPSA) is 166 Å². The Morgan fingerprint density at radius 2 is 1.71 bits per heavy atom. The highest BCUT2D eigenvalue weighted by Crippen LogP contribution is 2.16. The second-order valence-electron chi connectivity index (χ2n) is 7.07. The number of hydrogen-bond acceptors (Lipinski definition) is 9. The van der Waals surface area contributed by atoms with Crippen LogP contribution in [0.1, 0.15) is 17.3 Å². The van der Waals surface area contributed by atoms with Gasteiger partial charge in [0.05, 0.1) is 30.1 Å². The molecule has 13 heteroatoms. The number of halogens is 1. The molecule has 2 heterocycles. The summed E-state index contributed by atoms with van der Waals surface area (Å²) in [7, 11) is 0.104. The van der Waals surface area contributed by atoms with Gasteiger partial charge in [-0.3, -0.25) is 14.3 Å². The van der Waals surface area contributed by atoms with Crippen molar-refractivity contribution in [1.29, 1.82) is 0 Å². The summed E-state index contributed by atoms with van der Waals surface area (Å²) in [5.41, 5.74) is 12.5. The molecule has 35 heavy (non-hydrogen) atoms. The van der Waals surface area contributed by atoms with E-state index in [-0.39, 0.29) is 5.95 Å². The minimum absolute atomic E-state index is 0.269. The summed E-state index contributed by atoms with van der Waals surface area (Å²) in [4.78, 5) is 32.1.